The van der Waals surface area contributed by atoms with E-state index in [0.29, 0.717) is 0 Å². The van der Waals surface area contributed by atoms with Crippen LogP contribution in [0.2, 0.25) is 0 Å². The highest BCUT2D eigenvalue weighted by atomic mass is 32.1. The Morgan fingerprint density at radius 2 is 1.67 bits per heavy atom. The van der Waals surface area contributed by atoms with E-state index in [-0.39, 0.29) is 0 Å². The molecule has 0 atom stereocenters. The minimum absolute atomic E-state index is 0.955. The monoisotopic (exact) mass is 250 g/mol. The van der Waals surface area contributed by atoms with Gasteiger partial charge >= 0.3 is 0 Å². The Morgan fingerprint density at radius 3 is 2.56 bits per heavy atom. The van der Waals surface area contributed by atoms with Gasteiger partial charge in [-0.2, -0.15) is 0 Å². The number of hydrogen-bond donors (Lipinski definition) is 0. The van der Waals surface area contributed by atoms with Gasteiger partial charge in [-0.1, -0.05) is 36.4 Å². The van der Waals surface area contributed by atoms with Gasteiger partial charge in [-0.3, -0.25) is 0 Å². The van der Waals surface area contributed by atoms with Gasteiger partial charge in [-0.15, -0.1) is 11.3 Å². The molecular formula is C16H10OS. The van der Waals surface area contributed by atoms with Crippen LogP contribution in [0.4, 0.5) is 0 Å². The Labute approximate surface area is 108 Å². The predicted molar refractivity (Wildman–Crippen MR) is 77.0 cm³/mol. The Bertz CT molecular complexity index is 825. The van der Waals surface area contributed by atoms with Gasteiger partial charge in [-0.05, 0) is 23.6 Å². The lowest BCUT2D eigenvalue weighted by atomic mass is 10.1. The molecule has 4 rings (SSSR count). The van der Waals surface area contributed by atoms with Crippen molar-refractivity contribution >= 4 is 33.3 Å². The molecule has 0 amide bonds. The summed E-state index contributed by atoms with van der Waals surface area (Å²) >= 11 is 1.74. The van der Waals surface area contributed by atoms with Crippen molar-refractivity contribution in [3.8, 4) is 10.4 Å². The van der Waals surface area contributed by atoms with Crippen LogP contribution in [-0.2, 0) is 0 Å². The number of hydrogen-bond acceptors (Lipinski definition) is 2. The van der Waals surface area contributed by atoms with Crippen LogP contribution < -0.4 is 0 Å². The van der Waals surface area contributed by atoms with Crippen LogP contribution in [0.15, 0.2) is 64.4 Å². The average Bonchev–Trinajstić information content (AvgIpc) is 3.05. The zero-order valence-corrected chi connectivity index (χ0v) is 10.4. The Balaban J connectivity index is 2.17. The van der Waals surface area contributed by atoms with Crippen LogP contribution in [0.1, 0.15) is 0 Å². The molecule has 2 aromatic heterocycles. The summed E-state index contributed by atoms with van der Waals surface area (Å²) in [4.78, 5) is 1.25. The molecule has 0 bridgehead atoms. The van der Waals surface area contributed by atoms with Gasteiger partial charge in [0.25, 0.3) is 0 Å². The first-order valence-electron chi connectivity index (χ1n) is 5.87. The van der Waals surface area contributed by atoms with Crippen molar-refractivity contribution in [1.82, 2.24) is 0 Å². The lowest BCUT2D eigenvalue weighted by molar-refractivity contribution is 0.670. The highest BCUT2D eigenvalue weighted by Crippen LogP contribution is 2.36. The summed E-state index contributed by atoms with van der Waals surface area (Å²) < 4.78 is 6.01. The minimum atomic E-state index is 0.955. The molecule has 2 heteroatoms. The van der Waals surface area contributed by atoms with E-state index < -0.39 is 0 Å². The number of fused-ring (bicyclic) bond motifs is 3. The summed E-state index contributed by atoms with van der Waals surface area (Å²) in [7, 11) is 0. The first-order chi connectivity index (χ1) is 8.93. The Kier molecular flexibility index (Phi) is 2.05. The van der Waals surface area contributed by atoms with E-state index in [1.807, 2.05) is 12.1 Å². The Hall–Kier alpha value is -2.06. The summed E-state index contributed by atoms with van der Waals surface area (Å²) in [6.45, 7) is 0. The molecule has 0 saturated carbocycles. The topological polar surface area (TPSA) is 13.1 Å². The number of thiophene rings is 1. The van der Waals surface area contributed by atoms with Gasteiger partial charge in [0, 0.05) is 21.2 Å². The molecule has 2 heterocycles. The maximum atomic E-state index is 6.01. The van der Waals surface area contributed by atoms with Crippen molar-refractivity contribution in [1.29, 1.82) is 0 Å². The van der Waals surface area contributed by atoms with Crippen molar-refractivity contribution in [2.45, 2.75) is 0 Å². The predicted octanol–water partition coefficient (Wildman–Crippen LogP) is 5.31. The van der Waals surface area contributed by atoms with E-state index in [9.17, 15) is 0 Å². The van der Waals surface area contributed by atoms with Gasteiger partial charge in [0.2, 0.25) is 0 Å². The van der Waals surface area contributed by atoms with Crippen molar-refractivity contribution in [3.05, 3.63) is 60.0 Å². The average molecular weight is 250 g/mol. The van der Waals surface area contributed by atoms with Gasteiger partial charge in [0.1, 0.15) is 11.2 Å². The van der Waals surface area contributed by atoms with Gasteiger partial charge < -0.3 is 4.42 Å². The van der Waals surface area contributed by atoms with Gasteiger partial charge in [0.05, 0.1) is 0 Å². The summed E-state index contributed by atoms with van der Waals surface area (Å²) in [6.07, 6.45) is 0. The van der Waals surface area contributed by atoms with Crippen LogP contribution in [-0.4, -0.2) is 0 Å². The largest absolute Gasteiger partial charge is 0.455 e. The summed E-state index contributed by atoms with van der Waals surface area (Å²) in [6, 6.07) is 18.7. The maximum Gasteiger partial charge on any atom is 0.144 e. The highest BCUT2D eigenvalue weighted by molar-refractivity contribution is 7.13. The lowest BCUT2D eigenvalue weighted by Gasteiger charge is -1.97. The summed E-state index contributed by atoms with van der Waals surface area (Å²) in [5.74, 6) is 0. The fourth-order valence-electron chi connectivity index (χ4n) is 2.37. The first-order valence-corrected chi connectivity index (χ1v) is 6.75. The molecule has 0 spiro atoms. The molecule has 0 aliphatic carbocycles. The number of rotatable bonds is 1. The smallest absolute Gasteiger partial charge is 0.144 e. The normalized spacial score (nSPS) is 11.3. The molecule has 86 valence electrons. The molecule has 0 N–H and O–H groups in total. The number of furan rings is 1. The summed E-state index contributed by atoms with van der Waals surface area (Å²) in [5.41, 5.74) is 3.12. The lowest BCUT2D eigenvalue weighted by Crippen LogP contribution is -1.73. The van der Waals surface area contributed by atoms with Crippen LogP contribution in [0.3, 0.4) is 0 Å². The van der Waals surface area contributed by atoms with Crippen LogP contribution in [0.25, 0.3) is 32.4 Å². The van der Waals surface area contributed by atoms with Crippen molar-refractivity contribution in [3.63, 3.8) is 0 Å². The molecule has 0 saturated heterocycles. The van der Waals surface area contributed by atoms with E-state index >= 15 is 0 Å². The first kappa shape index (κ1) is 9.92. The van der Waals surface area contributed by atoms with Gasteiger partial charge in [0.15, 0.2) is 0 Å². The zero-order chi connectivity index (χ0) is 11.9. The van der Waals surface area contributed by atoms with Crippen LogP contribution in [0.5, 0.6) is 0 Å². The third-order valence-electron chi connectivity index (χ3n) is 3.19. The highest BCUT2D eigenvalue weighted by Gasteiger charge is 2.11. The SMILES string of the molecule is c1csc(-c2cccc3c2oc2ccccc23)c1. The maximum absolute atomic E-state index is 6.01. The second kappa shape index (κ2) is 3.72. The molecule has 0 aliphatic heterocycles. The molecule has 2 aromatic carbocycles. The van der Waals surface area contributed by atoms with E-state index in [4.69, 9.17) is 4.42 Å². The van der Waals surface area contributed by atoms with Crippen LogP contribution in [0, 0.1) is 0 Å². The van der Waals surface area contributed by atoms with E-state index in [1.54, 1.807) is 11.3 Å². The molecule has 1 nitrogen and oxygen atoms in total. The van der Waals surface area contributed by atoms with Crippen molar-refractivity contribution in [2.24, 2.45) is 0 Å². The molecule has 0 aliphatic rings. The van der Waals surface area contributed by atoms with Crippen LogP contribution >= 0.6 is 11.3 Å². The molecule has 0 radical (unpaired) electrons. The Morgan fingerprint density at radius 1 is 0.778 bits per heavy atom. The van der Waals surface area contributed by atoms with E-state index in [2.05, 4.69) is 47.8 Å². The summed E-state index contributed by atoms with van der Waals surface area (Å²) in [5, 5.41) is 4.47. The fraction of sp³-hybridized carbons (Fsp3) is 0. The second-order valence-corrected chi connectivity index (χ2v) is 5.21. The standard InChI is InChI=1S/C16H10OS/c1-2-8-14-11(5-1)12-6-3-7-13(16(12)17-14)15-9-4-10-18-15/h1-10H. The third-order valence-corrected chi connectivity index (χ3v) is 4.09. The molecule has 0 fully saturated rings. The minimum Gasteiger partial charge on any atom is -0.455 e. The molecule has 18 heavy (non-hydrogen) atoms. The van der Waals surface area contributed by atoms with E-state index in [0.717, 1.165) is 11.2 Å². The van der Waals surface area contributed by atoms with Crippen molar-refractivity contribution in [2.75, 3.05) is 0 Å². The van der Waals surface area contributed by atoms with Gasteiger partial charge in [-0.25, -0.2) is 0 Å². The van der Waals surface area contributed by atoms with Crippen molar-refractivity contribution < 1.29 is 4.42 Å². The second-order valence-electron chi connectivity index (χ2n) is 4.26. The molecule has 0 unspecified atom stereocenters. The quantitative estimate of drug-likeness (QED) is 0.446. The molecular weight excluding hydrogens is 240 g/mol. The number of para-hydroxylation sites is 2. The molecule has 4 aromatic rings. The number of benzene rings is 2. The zero-order valence-electron chi connectivity index (χ0n) is 9.59. The van der Waals surface area contributed by atoms with E-state index in [1.165, 1.54) is 21.2 Å². The third kappa shape index (κ3) is 1.33. The fourth-order valence-corrected chi connectivity index (χ4v) is 3.12.